The van der Waals surface area contributed by atoms with Crippen LogP contribution in [0.5, 0.6) is 0 Å². The van der Waals surface area contributed by atoms with Crippen LogP contribution in [0.4, 0.5) is 4.39 Å². The molecule has 4 heteroatoms. The van der Waals surface area contributed by atoms with Crippen molar-refractivity contribution in [1.29, 1.82) is 0 Å². The zero-order valence-corrected chi connectivity index (χ0v) is 26.1. The summed E-state index contributed by atoms with van der Waals surface area (Å²) in [4.78, 5) is 11.6. The van der Waals surface area contributed by atoms with Gasteiger partial charge in [-0.3, -0.25) is 4.79 Å². The monoisotopic (exact) mass is 532 g/mol. The summed E-state index contributed by atoms with van der Waals surface area (Å²) in [5, 5.41) is 0.0737. The van der Waals surface area contributed by atoms with Crippen LogP contribution < -0.4 is 0 Å². The van der Waals surface area contributed by atoms with Gasteiger partial charge in [0.05, 0.1) is 5.02 Å². The molecule has 1 aromatic heterocycles. The molecule has 1 aromatic carbocycles. The first kappa shape index (κ1) is 34.9. The molecule has 1 heterocycles. The molecular formula is C33H50ClFO2. The first-order valence-electron chi connectivity index (χ1n) is 13.4. The molecule has 0 spiro atoms. The average Bonchev–Trinajstić information content (AvgIpc) is 3.15. The number of hydrogen-bond donors (Lipinski definition) is 0. The van der Waals surface area contributed by atoms with Gasteiger partial charge in [-0.15, -0.1) is 0 Å². The number of allylic oxidation sites excluding steroid dienone is 3. The van der Waals surface area contributed by atoms with E-state index >= 15 is 0 Å². The summed E-state index contributed by atoms with van der Waals surface area (Å²) in [6.45, 7) is 29.1. The van der Waals surface area contributed by atoms with Gasteiger partial charge in [-0.25, -0.2) is 4.39 Å². The van der Waals surface area contributed by atoms with Gasteiger partial charge in [0.2, 0.25) is 0 Å². The summed E-state index contributed by atoms with van der Waals surface area (Å²) >= 11 is 5.75. The van der Waals surface area contributed by atoms with Crippen molar-refractivity contribution < 1.29 is 13.6 Å². The SMILES string of the molecule is C=C(/C=C(\c1oc(C(C)=O)cc1C)C(C)(C)C)c1ccc(Cl)c(F)c1.CC.CCCC(C)CC(C)(C)C. The van der Waals surface area contributed by atoms with Crippen LogP contribution in [0.25, 0.3) is 11.1 Å². The molecule has 0 saturated heterocycles. The summed E-state index contributed by atoms with van der Waals surface area (Å²) in [5.74, 6) is 1.27. The minimum Gasteiger partial charge on any atom is -0.453 e. The van der Waals surface area contributed by atoms with Crippen LogP contribution in [-0.2, 0) is 0 Å². The van der Waals surface area contributed by atoms with Crippen molar-refractivity contribution in [3.63, 3.8) is 0 Å². The molecule has 2 aromatic rings. The molecule has 0 amide bonds. The van der Waals surface area contributed by atoms with E-state index in [0.29, 0.717) is 28.1 Å². The third-order valence-corrected chi connectivity index (χ3v) is 5.98. The van der Waals surface area contributed by atoms with E-state index in [1.54, 1.807) is 12.1 Å². The fraction of sp³-hybridized carbons (Fsp3) is 0.545. The van der Waals surface area contributed by atoms with Gasteiger partial charge in [-0.2, -0.15) is 0 Å². The Bertz CT molecular complexity index is 1050. The van der Waals surface area contributed by atoms with Crippen molar-refractivity contribution in [3.8, 4) is 0 Å². The van der Waals surface area contributed by atoms with E-state index in [1.165, 1.54) is 38.3 Å². The highest BCUT2D eigenvalue weighted by atomic mass is 35.5. The first-order chi connectivity index (χ1) is 17.0. The van der Waals surface area contributed by atoms with E-state index < -0.39 is 5.82 Å². The van der Waals surface area contributed by atoms with Crippen LogP contribution in [0.15, 0.2) is 41.3 Å². The van der Waals surface area contributed by atoms with Gasteiger partial charge in [-0.1, -0.05) is 106 Å². The summed E-state index contributed by atoms with van der Waals surface area (Å²) in [6.07, 6.45) is 5.95. The minimum absolute atomic E-state index is 0.0737. The Morgan fingerprint density at radius 3 is 2.11 bits per heavy atom. The summed E-state index contributed by atoms with van der Waals surface area (Å²) in [5.41, 5.74) is 3.30. The predicted octanol–water partition coefficient (Wildman–Crippen LogP) is 11.6. The van der Waals surface area contributed by atoms with Crippen molar-refractivity contribution in [2.24, 2.45) is 16.7 Å². The number of benzene rings is 1. The third-order valence-electron chi connectivity index (χ3n) is 5.67. The van der Waals surface area contributed by atoms with Gasteiger partial charge in [0, 0.05) is 12.5 Å². The molecule has 0 aliphatic heterocycles. The predicted molar refractivity (Wildman–Crippen MR) is 161 cm³/mol. The number of hydrogen-bond acceptors (Lipinski definition) is 2. The Labute approximate surface area is 231 Å². The van der Waals surface area contributed by atoms with E-state index in [0.717, 1.165) is 17.1 Å². The van der Waals surface area contributed by atoms with E-state index in [2.05, 4.69) is 41.2 Å². The van der Waals surface area contributed by atoms with Crippen molar-refractivity contribution in [1.82, 2.24) is 0 Å². The molecule has 208 valence electrons. The molecule has 2 nitrogen and oxygen atoms in total. The molecule has 2 rings (SSSR count). The number of halogens is 2. The Kier molecular flexibility index (Phi) is 14.4. The Morgan fingerprint density at radius 1 is 1.14 bits per heavy atom. The maximum Gasteiger partial charge on any atom is 0.194 e. The molecule has 1 unspecified atom stereocenters. The highest BCUT2D eigenvalue weighted by molar-refractivity contribution is 6.30. The number of rotatable bonds is 7. The van der Waals surface area contributed by atoms with E-state index in [1.807, 2.05) is 47.6 Å². The smallest absolute Gasteiger partial charge is 0.194 e. The van der Waals surface area contributed by atoms with Crippen molar-refractivity contribution in [2.45, 2.75) is 102 Å². The zero-order valence-electron chi connectivity index (χ0n) is 25.4. The normalized spacial score (nSPS) is 12.6. The average molecular weight is 533 g/mol. The van der Waals surface area contributed by atoms with Crippen molar-refractivity contribution in [2.75, 3.05) is 0 Å². The van der Waals surface area contributed by atoms with Gasteiger partial charge >= 0.3 is 0 Å². The Balaban J connectivity index is 0.000000910. The van der Waals surface area contributed by atoms with Gasteiger partial charge < -0.3 is 4.42 Å². The maximum atomic E-state index is 13.7. The lowest BCUT2D eigenvalue weighted by molar-refractivity contribution is 0.0986. The fourth-order valence-electron chi connectivity index (χ4n) is 4.14. The van der Waals surface area contributed by atoms with Gasteiger partial charge in [0.1, 0.15) is 11.6 Å². The molecular weight excluding hydrogens is 483 g/mol. The molecule has 0 radical (unpaired) electrons. The minimum atomic E-state index is -0.487. The van der Waals surface area contributed by atoms with Crippen molar-refractivity contribution >= 4 is 28.5 Å². The second kappa shape index (κ2) is 15.3. The van der Waals surface area contributed by atoms with E-state index in [9.17, 15) is 9.18 Å². The lowest BCUT2D eigenvalue weighted by atomic mass is 9.82. The van der Waals surface area contributed by atoms with Crippen LogP contribution in [0, 0.1) is 29.5 Å². The van der Waals surface area contributed by atoms with E-state index in [-0.39, 0.29) is 16.2 Å². The Hall–Kier alpha value is -2.13. The second-order valence-electron chi connectivity index (χ2n) is 11.8. The molecule has 0 aliphatic carbocycles. The highest BCUT2D eigenvalue weighted by Crippen LogP contribution is 2.39. The molecule has 0 aliphatic rings. The molecule has 0 N–H and O–H groups in total. The number of carbonyl (C=O) groups excluding carboxylic acids is 1. The number of carbonyl (C=O) groups is 1. The quantitative estimate of drug-likeness (QED) is 0.262. The van der Waals surface area contributed by atoms with Crippen LogP contribution >= 0.6 is 11.6 Å². The highest BCUT2D eigenvalue weighted by Gasteiger charge is 2.25. The summed E-state index contributed by atoms with van der Waals surface area (Å²) in [7, 11) is 0. The van der Waals surface area contributed by atoms with Gasteiger partial charge in [0.15, 0.2) is 11.5 Å². The maximum absolute atomic E-state index is 13.7. The number of aryl methyl sites for hydroxylation is 1. The summed E-state index contributed by atoms with van der Waals surface area (Å²) in [6, 6.07) is 6.33. The molecule has 1 atom stereocenters. The first-order valence-corrected chi connectivity index (χ1v) is 13.8. The van der Waals surface area contributed by atoms with Crippen LogP contribution in [-0.4, -0.2) is 5.78 Å². The zero-order chi connectivity index (χ0) is 29.1. The molecule has 0 bridgehead atoms. The van der Waals surface area contributed by atoms with Crippen LogP contribution in [0.3, 0.4) is 0 Å². The molecule has 0 saturated carbocycles. The topological polar surface area (TPSA) is 30.2 Å². The van der Waals surface area contributed by atoms with E-state index in [4.69, 9.17) is 16.0 Å². The number of ketones is 1. The van der Waals surface area contributed by atoms with Gasteiger partial charge in [0.25, 0.3) is 0 Å². The number of Topliss-reactive ketones (excluding diaryl/α,β-unsaturated/α-hetero) is 1. The molecule has 37 heavy (non-hydrogen) atoms. The standard InChI is InChI=1S/C21H22ClFO2.C10H22.C2H6/c1-12(15-7-8-17(22)18(23)11-15)9-16(21(4,5)6)20-13(2)10-19(25-20)14(3)24;1-6-7-9(2)8-10(3,4)5;1-2/h7-11H,1H2,2-6H3;9H,6-8H2,1-5H3;1-2H3/b16-9+;;. The van der Waals surface area contributed by atoms with Crippen LogP contribution in [0.1, 0.15) is 123 Å². The molecule has 0 fully saturated rings. The van der Waals surface area contributed by atoms with Crippen molar-refractivity contribution in [3.05, 3.63) is 70.4 Å². The largest absolute Gasteiger partial charge is 0.453 e. The van der Waals surface area contributed by atoms with Gasteiger partial charge in [-0.05, 0) is 71.1 Å². The third kappa shape index (κ3) is 12.3. The lowest BCUT2D eigenvalue weighted by Crippen LogP contribution is -2.10. The number of furan rings is 1. The second-order valence-corrected chi connectivity index (χ2v) is 12.2. The Morgan fingerprint density at radius 2 is 1.70 bits per heavy atom. The summed E-state index contributed by atoms with van der Waals surface area (Å²) < 4.78 is 19.5. The lowest BCUT2D eigenvalue weighted by Gasteiger charge is -2.23. The fourth-order valence-corrected chi connectivity index (χ4v) is 4.26. The van der Waals surface area contributed by atoms with Crippen LogP contribution in [0.2, 0.25) is 5.02 Å².